The second kappa shape index (κ2) is 8.25. The first kappa shape index (κ1) is 17.8. The molecule has 118 valence electrons. The number of ether oxygens (including phenoxy) is 1. The van der Waals surface area contributed by atoms with Gasteiger partial charge >= 0.3 is 0 Å². The molecule has 1 saturated carbocycles. The highest BCUT2D eigenvalue weighted by atomic mass is 35.5. The Morgan fingerprint density at radius 3 is 2.76 bits per heavy atom. The summed E-state index contributed by atoms with van der Waals surface area (Å²) in [4.78, 5) is 12.3. The molecule has 2 rings (SSSR count). The van der Waals surface area contributed by atoms with E-state index < -0.39 is 0 Å². The smallest absolute Gasteiger partial charge is 0.251 e. The number of methoxy groups -OCH3 is 1. The van der Waals surface area contributed by atoms with E-state index in [0.717, 1.165) is 24.2 Å². The minimum absolute atomic E-state index is 0. The van der Waals surface area contributed by atoms with E-state index in [0.29, 0.717) is 18.0 Å². The van der Waals surface area contributed by atoms with Crippen molar-refractivity contribution in [1.29, 1.82) is 0 Å². The molecule has 0 radical (unpaired) electrons. The van der Waals surface area contributed by atoms with Gasteiger partial charge in [0.05, 0.1) is 7.11 Å². The Bertz CT molecular complexity index is 479. The van der Waals surface area contributed by atoms with Crippen LogP contribution < -0.4 is 15.8 Å². The number of hydrogen-bond acceptors (Lipinski definition) is 3. The van der Waals surface area contributed by atoms with Gasteiger partial charge in [-0.3, -0.25) is 4.79 Å². The first-order chi connectivity index (χ1) is 9.65. The number of rotatable bonds is 4. The Hall–Kier alpha value is -1.26. The normalized spacial score (nSPS) is 21.3. The number of hydrogen-bond donors (Lipinski definition) is 2. The van der Waals surface area contributed by atoms with E-state index in [2.05, 4.69) is 5.32 Å². The quantitative estimate of drug-likeness (QED) is 0.898. The largest absolute Gasteiger partial charge is 0.496 e. The topological polar surface area (TPSA) is 64.3 Å². The molecule has 1 aromatic rings. The molecule has 5 heteroatoms. The predicted octanol–water partition coefficient (Wildman–Crippen LogP) is 2.67. The van der Waals surface area contributed by atoms with Gasteiger partial charge in [-0.15, -0.1) is 12.4 Å². The zero-order chi connectivity index (χ0) is 14.5. The fourth-order valence-corrected chi connectivity index (χ4v) is 2.89. The molecule has 1 amide bonds. The van der Waals surface area contributed by atoms with Crippen molar-refractivity contribution in [2.45, 2.75) is 38.6 Å². The van der Waals surface area contributed by atoms with Gasteiger partial charge in [-0.1, -0.05) is 18.9 Å². The highest BCUT2D eigenvalue weighted by Crippen LogP contribution is 2.24. The second-order valence-electron chi connectivity index (χ2n) is 5.54. The maximum atomic E-state index is 12.3. The maximum absolute atomic E-state index is 12.3. The molecule has 2 unspecified atom stereocenters. The molecule has 1 aliphatic carbocycles. The van der Waals surface area contributed by atoms with E-state index >= 15 is 0 Å². The van der Waals surface area contributed by atoms with Crippen molar-refractivity contribution < 1.29 is 9.53 Å². The molecule has 1 aromatic carbocycles. The van der Waals surface area contributed by atoms with E-state index in [4.69, 9.17) is 10.5 Å². The van der Waals surface area contributed by atoms with Crippen LogP contribution >= 0.6 is 12.4 Å². The third-order valence-corrected chi connectivity index (χ3v) is 4.20. The van der Waals surface area contributed by atoms with Crippen molar-refractivity contribution in [1.82, 2.24) is 5.32 Å². The van der Waals surface area contributed by atoms with Gasteiger partial charge in [0.1, 0.15) is 5.75 Å². The van der Waals surface area contributed by atoms with Crippen LogP contribution in [0.5, 0.6) is 5.75 Å². The van der Waals surface area contributed by atoms with Crippen LogP contribution in [0.1, 0.15) is 41.6 Å². The monoisotopic (exact) mass is 312 g/mol. The number of carbonyl (C=O) groups is 1. The van der Waals surface area contributed by atoms with Crippen molar-refractivity contribution in [3.8, 4) is 5.75 Å². The molecule has 0 heterocycles. The van der Waals surface area contributed by atoms with E-state index in [1.54, 1.807) is 13.2 Å². The highest BCUT2D eigenvalue weighted by Gasteiger charge is 2.25. The second-order valence-corrected chi connectivity index (χ2v) is 5.54. The van der Waals surface area contributed by atoms with E-state index in [-0.39, 0.29) is 24.4 Å². The highest BCUT2D eigenvalue weighted by molar-refractivity contribution is 5.95. The summed E-state index contributed by atoms with van der Waals surface area (Å²) in [5.41, 5.74) is 7.48. The lowest BCUT2D eigenvalue weighted by Gasteiger charge is -2.31. The van der Waals surface area contributed by atoms with Crippen LogP contribution in [0.25, 0.3) is 0 Å². The molecule has 0 spiro atoms. The molecule has 0 aromatic heterocycles. The maximum Gasteiger partial charge on any atom is 0.251 e. The molecular formula is C16H25ClN2O2. The Kier molecular flexibility index (Phi) is 6.99. The van der Waals surface area contributed by atoms with Crippen molar-refractivity contribution >= 4 is 18.3 Å². The Morgan fingerprint density at radius 1 is 1.38 bits per heavy atom. The van der Waals surface area contributed by atoms with Crippen LogP contribution in [0, 0.1) is 12.8 Å². The number of nitrogens with one attached hydrogen (secondary N) is 1. The van der Waals surface area contributed by atoms with Crippen molar-refractivity contribution in [2.24, 2.45) is 11.7 Å². The van der Waals surface area contributed by atoms with Gasteiger partial charge in [0, 0.05) is 11.6 Å². The number of carbonyl (C=O) groups excluding carboxylic acids is 1. The zero-order valence-corrected chi connectivity index (χ0v) is 13.5. The van der Waals surface area contributed by atoms with Crippen LogP contribution in [0.2, 0.25) is 0 Å². The van der Waals surface area contributed by atoms with Crippen molar-refractivity contribution in [3.63, 3.8) is 0 Å². The number of aryl methyl sites for hydroxylation is 1. The molecular weight excluding hydrogens is 288 g/mol. The molecule has 0 aliphatic heterocycles. The summed E-state index contributed by atoms with van der Waals surface area (Å²) >= 11 is 0. The minimum Gasteiger partial charge on any atom is -0.496 e. The van der Waals surface area contributed by atoms with Gasteiger partial charge < -0.3 is 15.8 Å². The third-order valence-electron chi connectivity index (χ3n) is 4.20. The summed E-state index contributed by atoms with van der Waals surface area (Å²) in [5, 5.41) is 3.13. The third kappa shape index (κ3) is 4.35. The van der Waals surface area contributed by atoms with Gasteiger partial charge in [0.15, 0.2) is 0 Å². The van der Waals surface area contributed by atoms with Crippen molar-refractivity contribution in [3.05, 3.63) is 29.3 Å². The summed E-state index contributed by atoms with van der Waals surface area (Å²) in [6, 6.07) is 5.75. The van der Waals surface area contributed by atoms with Crippen molar-refractivity contribution in [2.75, 3.05) is 13.7 Å². The van der Waals surface area contributed by atoms with Gasteiger partial charge in [-0.05, 0) is 49.9 Å². The molecule has 3 N–H and O–H groups in total. The lowest BCUT2D eigenvalue weighted by molar-refractivity contribution is 0.0907. The summed E-state index contributed by atoms with van der Waals surface area (Å²) < 4.78 is 5.27. The van der Waals surface area contributed by atoms with Crippen LogP contribution in [-0.4, -0.2) is 25.6 Å². The van der Waals surface area contributed by atoms with E-state index in [1.807, 2.05) is 19.1 Å². The summed E-state index contributed by atoms with van der Waals surface area (Å²) in [5.74, 6) is 1.12. The molecule has 2 atom stereocenters. The lowest BCUT2D eigenvalue weighted by Crippen LogP contribution is -2.44. The Morgan fingerprint density at radius 2 is 2.10 bits per heavy atom. The lowest BCUT2D eigenvalue weighted by atomic mass is 9.84. The fraction of sp³-hybridized carbons (Fsp3) is 0.562. The van der Waals surface area contributed by atoms with Gasteiger partial charge in [-0.25, -0.2) is 0 Å². The average Bonchev–Trinajstić information content (AvgIpc) is 2.48. The summed E-state index contributed by atoms with van der Waals surface area (Å²) in [7, 11) is 1.62. The SMILES string of the molecule is COc1cc(C(=O)NC2CCCCC2CN)ccc1C.Cl. The Balaban J connectivity index is 0.00000220. The number of halogens is 1. The Labute approximate surface area is 132 Å². The summed E-state index contributed by atoms with van der Waals surface area (Å²) in [6.07, 6.45) is 4.51. The van der Waals surface area contributed by atoms with Crippen LogP contribution in [0.4, 0.5) is 0 Å². The van der Waals surface area contributed by atoms with Crippen LogP contribution in [0.3, 0.4) is 0 Å². The number of benzene rings is 1. The number of amides is 1. The first-order valence-corrected chi connectivity index (χ1v) is 7.31. The average molecular weight is 313 g/mol. The molecule has 4 nitrogen and oxygen atoms in total. The van der Waals surface area contributed by atoms with Gasteiger partial charge in [-0.2, -0.15) is 0 Å². The molecule has 1 fully saturated rings. The molecule has 0 bridgehead atoms. The standard InChI is InChI=1S/C16H24N2O2.ClH/c1-11-7-8-12(9-15(11)20-2)16(19)18-14-6-4-3-5-13(14)10-17;/h7-9,13-14H,3-6,10,17H2,1-2H3,(H,18,19);1H. The first-order valence-electron chi connectivity index (χ1n) is 7.31. The number of nitrogens with two attached hydrogens (primary N) is 1. The minimum atomic E-state index is -0.0337. The van der Waals surface area contributed by atoms with Gasteiger partial charge in [0.25, 0.3) is 5.91 Å². The van der Waals surface area contributed by atoms with E-state index in [9.17, 15) is 4.79 Å². The molecule has 0 saturated heterocycles. The zero-order valence-electron chi connectivity index (χ0n) is 12.7. The molecule has 21 heavy (non-hydrogen) atoms. The predicted molar refractivity (Wildman–Crippen MR) is 87.2 cm³/mol. The molecule has 1 aliphatic rings. The summed E-state index contributed by atoms with van der Waals surface area (Å²) in [6.45, 7) is 2.61. The van der Waals surface area contributed by atoms with Crippen LogP contribution in [-0.2, 0) is 0 Å². The fourth-order valence-electron chi connectivity index (χ4n) is 2.89. The van der Waals surface area contributed by atoms with Crippen LogP contribution in [0.15, 0.2) is 18.2 Å². The van der Waals surface area contributed by atoms with Gasteiger partial charge in [0.2, 0.25) is 0 Å². The van der Waals surface area contributed by atoms with E-state index in [1.165, 1.54) is 12.8 Å².